The Balaban J connectivity index is 1.91. The van der Waals surface area contributed by atoms with E-state index in [0.717, 1.165) is 27.1 Å². The second-order valence-electron chi connectivity index (χ2n) is 11.6. The zero-order chi connectivity index (χ0) is 33.1. The van der Waals surface area contributed by atoms with E-state index in [9.17, 15) is 24.3 Å². The van der Waals surface area contributed by atoms with Crippen LogP contribution in [-0.4, -0.2) is 70.2 Å². The number of hydrogen-bond donors (Lipinski definition) is 7. The number of primary amides is 1. The molecular weight excluding hydrogens is 592 g/mol. The number of amides is 4. The minimum Gasteiger partial charge on any atom is -0.396 e. The number of aromatic amines is 1. The number of thioether (sulfide) groups is 1. The molecule has 0 saturated carbocycles. The lowest BCUT2D eigenvalue weighted by atomic mass is 9.97. The van der Waals surface area contributed by atoms with Gasteiger partial charge in [-0.05, 0) is 35.4 Å². The average molecular weight is 639 g/mol. The second kappa shape index (κ2) is 17.0. The molecule has 12 heteroatoms. The number of fused-ring (bicyclic) bond motifs is 1. The number of carbonyl (C=O) groups is 4. The van der Waals surface area contributed by atoms with Gasteiger partial charge in [0.2, 0.25) is 23.6 Å². The first-order valence-electron chi connectivity index (χ1n) is 15.3. The third kappa shape index (κ3) is 9.81. The highest BCUT2D eigenvalue weighted by Crippen LogP contribution is 2.31. The molecule has 0 spiro atoms. The number of aliphatic hydroxyl groups is 1. The van der Waals surface area contributed by atoms with Crippen LogP contribution in [0.3, 0.4) is 0 Å². The summed E-state index contributed by atoms with van der Waals surface area (Å²) in [4.78, 5) is 56.3. The highest BCUT2D eigenvalue weighted by Gasteiger charge is 2.33. The van der Waals surface area contributed by atoms with Crippen LogP contribution < -0.4 is 27.4 Å². The molecule has 45 heavy (non-hydrogen) atoms. The maximum Gasteiger partial charge on any atom is 0.243 e. The van der Waals surface area contributed by atoms with Crippen LogP contribution in [0, 0.1) is 11.8 Å². The Kier molecular flexibility index (Phi) is 13.4. The lowest BCUT2D eigenvalue weighted by Gasteiger charge is -2.28. The van der Waals surface area contributed by atoms with Crippen LogP contribution >= 0.6 is 11.8 Å². The quantitative estimate of drug-likeness (QED) is 0.110. The van der Waals surface area contributed by atoms with Gasteiger partial charge in [-0.2, -0.15) is 0 Å². The van der Waals surface area contributed by atoms with Crippen LogP contribution in [0.2, 0.25) is 0 Å². The molecule has 1 heterocycles. The fraction of sp³-hybridized carbons (Fsp3) is 0.455. The molecule has 244 valence electrons. The van der Waals surface area contributed by atoms with Crippen molar-refractivity contribution in [3.8, 4) is 0 Å². The Morgan fingerprint density at radius 2 is 1.51 bits per heavy atom. The molecule has 3 rings (SSSR count). The van der Waals surface area contributed by atoms with Crippen molar-refractivity contribution in [1.29, 1.82) is 0 Å². The van der Waals surface area contributed by atoms with Gasteiger partial charge in [0.05, 0.1) is 17.7 Å². The van der Waals surface area contributed by atoms with Crippen molar-refractivity contribution in [3.63, 3.8) is 0 Å². The zero-order valence-corrected chi connectivity index (χ0v) is 27.2. The molecule has 0 fully saturated rings. The summed E-state index contributed by atoms with van der Waals surface area (Å²) in [6, 6.07) is 13.0. The average Bonchev–Trinajstić information content (AvgIpc) is 3.37. The topological polar surface area (TPSA) is 192 Å². The van der Waals surface area contributed by atoms with Gasteiger partial charge in [-0.3, -0.25) is 19.2 Å². The monoisotopic (exact) mass is 638 g/mol. The molecule has 4 amide bonds. The summed E-state index contributed by atoms with van der Waals surface area (Å²) in [5, 5.41) is 19.5. The number of H-pyrrole nitrogens is 1. The Bertz CT molecular complexity index is 1450. The summed E-state index contributed by atoms with van der Waals surface area (Å²) in [5.74, 6) is -2.44. The maximum atomic E-state index is 13.8. The summed E-state index contributed by atoms with van der Waals surface area (Å²) in [6.45, 7) is 7.24. The lowest BCUT2D eigenvalue weighted by molar-refractivity contribution is -0.134. The minimum absolute atomic E-state index is 0.0442. The van der Waals surface area contributed by atoms with Gasteiger partial charge in [-0.1, -0.05) is 82.6 Å². The van der Waals surface area contributed by atoms with Crippen molar-refractivity contribution in [2.75, 3.05) is 12.4 Å². The third-order valence-corrected chi connectivity index (χ3v) is 8.88. The Morgan fingerprint density at radius 3 is 2.13 bits per heavy atom. The van der Waals surface area contributed by atoms with Gasteiger partial charge < -0.3 is 37.5 Å². The molecule has 9 N–H and O–H groups in total. The number of aliphatic hydroxyl groups excluding tert-OH is 1. The van der Waals surface area contributed by atoms with Gasteiger partial charge in [0, 0.05) is 23.1 Å². The summed E-state index contributed by atoms with van der Waals surface area (Å²) >= 11 is 1.40. The van der Waals surface area contributed by atoms with Gasteiger partial charge in [-0.15, -0.1) is 11.8 Å². The molecule has 0 radical (unpaired) electrons. The van der Waals surface area contributed by atoms with Crippen molar-refractivity contribution in [3.05, 3.63) is 65.7 Å². The molecular formula is C33H46N6O5S. The van der Waals surface area contributed by atoms with Crippen LogP contribution in [0.25, 0.3) is 10.9 Å². The van der Waals surface area contributed by atoms with Crippen molar-refractivity contribution in [2.45, 2.75) is 76.2 Å². The number of hydrogen-bond acceptors (Lipinski definition) is 7. The van der Waals surface area contributed by atoms with E-state index in [2.05, 4.69) is 20.9 Å². The second-order valence-corrected chi connectivity index (χ2v) is 12.7. The van der Waals surface area contributed by atoms with Crippen LogP contribution in [-0.2, 0) is 32.0 Å². The maximum absolute atomic E-state index is 13.8. The van der Waals surface area contributed by atoms with E-state index in [1.807, 2.05) is 68.4 Å². The fourth-order valence-corrected chi connectivity index (χ4v) is 5.91. The number of nitrogens with two attached hydrogens (primary N) is 2. The number of rotatable bonds is 17. The predicted octanol–water partition coefficient (Wildman–Crippen LogP) is 2.01. The van der Waals surface area contributed by atoms with E-state index < -0.39 is 47.8 Å². The fourth-order valence-electron chi connectivity index (χ4n) is 5.06. The summed E-state index contributed by atoms with van der Waals surface area (Å²) in [7, 11) is 0. The van der Waals surface area contributed by atoms with Gasteiger partial charge in [-0.25, -0.2) is 0 Å². The predicted molar refractivity (Wildman–Crippen MR) is 177 cm³/mol. The van der Waals surface area contributed by atoms with Crippen molar-refractivity contribution in [1.82, 2.24) is 20.9 Å². The van der Waals surface area contributed by atoms with E-state index in [4.69, 9.17) is 11.5 Å². The first-order chi connectivity index (χ1) is 21.5. The third-order valence-electron chi connectivity index (χ3n) is 7.85. The van der Waals surface area contributed by atoms with Crippen LogP contribution in [0.4, 0.5) is 0 Å². The van der Waals surface area contributed by atoms with E-state index in [-0.39, 0.29) is 24.9 Å². The van der Waals surface area contributed by atoms with E-state index in [1.54, 1.807) is 13.8 Å². The Labute approximate surface area is 268 Å². The number of aromatic nitrogens is 1. The van der Waals surface area contributed by atoms with E-state index >= 15 is 0 Å². The van der Waals surface area contributed by atoms with Crippen LogP contribution in [0.15, 0.2) is 59.6 Å². The highest BCUT2D eigenvalue weighted by atomic mass is 32.2. The van der Waals surface area contributed by atoms with Crippen molar-refractivity contribution >= 4 is 46.3 Å². The molecule has 0 aliphatic rings. The smallest absolute Gasteiger partial charge is 0.243 e. The molecule has 1 aromatic heterocycles. The van der Waals surface area contributed by atoms with Gasteiger partial charge >= 0.3 is 0 Å². The first-order valence-corrected chi connectivity index (χ1v) is 16.3. The highest BCUT2D eigenvalue weighted by molar-refractivity contribution is 7.99. The number of nitrogens with one attached hydrogen (secondary N) is 4. The van der Waals surface area contributed by atoms with Crippen LogP contribution in [0.1, 0.15) is 45.2 Å². The molecule has 5 atom stereocenters. The van der Waals surface area contributed by atoms with Crippen molar-refractivity contribution < 1.29 is 24.3 Å². The molecule has 0 bridgehead atoms. The number of carbonyl (C=O) groups excluding carboxylic acids is 4. The summed E-state index contributed by atoms with van der Waals surface area (Å²) in [5.41, 5.74) is 14.3. The van der Waals surface area contributed by atoms with Gasteiger partial charge in [0.15, 0.2) is 0 Å². The van der Waals surface area contributed by atoms with E-state index in [1.165, 1.54) is 11.8 Å². The molecule has 3 aromatic rings. The summed E-state index contributed by atoms with van der Waals surface area (Å²) in [6.07, 6.45) is 0.969. The van der Waals surface area contributed by atoms with Crippen LogP contribution in [0.5, 0.6) is 0 Å². The molecule has 0 aliphatic carbocycles. The van der Waals surface area contributed by atoms with Crippen molar-refractivity contribution in [2.24, 2.45) is 23.3 Å². The van der Waals surface area contributed by atoms with Gasteiger partial charge in [0.1, 0.15) is 18.1 Å². The SMILES string of the molecule is CC[C@H](C)[C@H](NC(=O)[C@H](Cc1c(SCCO)[nH]c2ccccc12)NC(=O)[C@@H](NC(=O)[C@@H](N)Cc1ccccc1)C(C)C)C(N)=O. The Morgan fingerprint density at radius 1 is 0.867 bits per heavy atom. The Hall–Kier alpha value is -3.87. The normalized spacial score (nSPS) is 14.7. The molecule has 0 saturated heterocycles. The number of para-hydroxylation sites is 1. The zero-order valence-electron chi connectivity index (χ0n) is 26.3. The molecule has 2 aromatic carbocycles. The largest absolute Gasteiger partial charge is 0.396 e. The molecule has 11 nitrogen and oxygen atoms in total. The standard InChI is InChI=1S/C33H46N6O5S/c1-5-20(4)28(29(35)41)39-31(43)26(18-23-22-13-9-10-14-25(22)37-33(23)45-16-15-40)36-32(44)27(19(2)3)38-30(42)24(34)17-21-11-7-6-8-12-21/h6-14,19-20,24,26-28,37,40H,5,15-18,34H2,1-4H3,(H2,35,41)(H,36,44)(H,38,42)(H,39,43)/t20-,24-,26-,27-,28-/m0/s1. The lowest BCUT2D eigenvalue weighted by Crippen LogP contribution is -2.60. The summed E-state index contributed by atoms with van der Waals surface area (Å²) < 4.78 is 0. The molecule has 0 unspecified atom stereocenters. The van der Waals surface area contributed by atoms with Gasteiger partial charge in [0.25, 0.3) is 0 Å². The van der Waals surface area contributed by atoms with E-state index in [0.29, 0.717) is 18.6 Å². The number of benzene rings is 2. The minimum atomic E-state index is -1.12. The molecule has 0 aliphatic heterocycles. The first kappa shape index (κ1) is 35.6.